The molecule has 0 bridgehead atoms. The standard InChI is InChI=1S/C16H16N6O2/c1-21(12-6-4-3-5-11(12)16(23)24-2)14-13(17)15(20-9-19-14)22-8-7-18-10-22/h3-10H,17H2,1-2H3. The molecule has 0 radical (unpaired) electrons. The molecule has 2 aromatic heterocycles. The summed E-state index contributed by atoms with van der Waals surface area (Å²) in [5.41, 5.74) is 7.66. The third kappa shape index (κ3) is 2.65. The van der Waals surface area contributed by atoms with Crippen LogP contribution in [0.25, 0.3) is 5.82 Å². The highest BCUT2D eigenvalue weighted by Gasteiger charge is 2.19. The number of imidazole rings is 1. The van der Waals surface area contributed by atoms with Gasteiger partial charge in [-0.25, -0.2) is 19.7 Å². The number of aromatic nitrogens is 4. The minimum Gasteiger partial charge on any atom is -0.465 e. The molecule has 0 amide bonds. The second kappa shape index (κ2) is 6.37. The zero-order valence-corrected chi connectivity index (χ0v) is 13.2. The lowest BCUT2D eigenvalue weighted by Gasteiger charge is -2.22. The number of nitrogens with two attached hydrogens (primary N) is 1. The number of anilines is 3. The molecule has 8 nitrogen and oxygen atoms in total. The van der Waals surface area contributed by atoms with E-state index in [1.807, 2.05) is 6.07 Å². The first-order valence-electron chi connectivity index (χ1n) is 7.13. The molecule has 8 heteroatoms. The number of hydrogen-bond donors (Lipinski definition) is 1. The monoisotopic (exact) mass is 324 g/mol. The van der Waals surface area contributed by atoms with Gasteiger partial charge in [-0.15, -0.1) is 0 Å². The Hall–Kier alpha value is -3.42. The Labute approximate surface area is 138 Å². The Morgan fingerprint density at radius 3 is 2.79 bits per heavy atom. The molecular formula is C16H16N6O2. The third-order valence-electron chi connectivity index (χ3n) is 3.58. The van der Waals surface area contributed by atoms with Crippen molar-refractivity contribution in [3.05, 3.63) is 54.9 Å². The fraction of sp³-hybridized carbons (Fsp3) is 0.125. The first-order valence-corrected chi connectivity index (χ1v) is 7.13. The van der Waals surface area contributed by atoms with Crippen molar-refractivity contribution in [2.75, 3.05) is 24.8 Å². The molecule has 24 heavy (non-hydrogen) atoms. The van der Waals surface area contributed by atoms with Gasteiger partial charge in [0.2, 0.25) is 0 Å². The average molecular weight is 324 g/mol. The number of esters is 1. The SMILES string of the molecule is COC(=O)c1ccccc1N(C)c1ncnc(-n2ccnc2)c1N. The molecule has 1 aromatic carbocycles. The van der Waals surface area contributed by atoms with Crippen molar-refractivity contribution in [3.8, 4) is 5.82 Å². The summed E-state index contributed by atoms with van der Waals surface area (Å²) in [5.74, 6) is 0.560. The van der Waals surface area contributed by atoms with Gasteiger partial charge in [0.15, 0.2) is 11.6 Å². The lowest BCUT2D eigenvalue weighted by molar-refractivity contribution is 0.0601. The molecule has 0 fully saturated rings. The minimum atomic E-state index is -0.431. The first-order chi connectivity index (χ1) is 11.6. The summed E-state index contributed by atoms with van der Waals surface area (Å²) >= 11 is 0. The number of rotatable bonds is 4. The zero-order chi connectivity index (χ0) is 17.1. The van der Waals surface area contributed by atoms with Crippen molar-refractivity contribution in [2.24, 2.45) is 0 Å². The third-order valence-corrected chi connectivity index (χ3v) is 3.58. The van der Waals surface area contributed by atoms with Gasteiger partial charge in [-0.2, -0.15) is 0 Å². The molecule has 2 heterocycles. The van der Waals surface area contributed by atoms with Crippen LogP contribution in [-0.4, -0.2) is 39.6 Å². The van der Waals surface area contributed by atoms with Crippen LogP contribution in [0.1, 0.15) is 10.4 Å². The number of carbonyl (C=O) groups excluding carboxylic acids is 1. The van der Waals surface area contributed by atoms with Gasteiger partial charge in [0.1, 0.15) is 18.3 Å². The van der Waals surface area contributed by atoms with Crippen LogP contribution in [0.15, 0.2) is 49.3 Å². The van der Waals surface area contributed by atoms with Gasteiger partial charge in [0, 0.05) is 19.4 Å². The zero-order valence-electron chi connectivity index (χ0n) is 13.2. The van der Waals surface area contributed by atoms with E-state index in [1.54, 1.807) is 53.4 Å². The molecule has 122 valence electrons. The Balaban J connectivity index is 2.08. The number of hydrogen-bond acceptors (Lipinski definition) is 7. The van der Waals surface area contributed by atoms with Crippen LogP contribution in [0.5, 0.6) is 0 Å². The maximum atomic E-state index is 12.0. The van der Waals surface area contributed by atoms with Crippen LogP contribution in [0.2, 0.25) is 0 Å². The summed E-state index contributed by atoms with van der Waals surface area (Å²) < 4.78 is 6.53. The molecule has 0 atom stereocenters. The van der Waals surface area contributed by atoms with Gasteiger partial charge in [-0.1, -0.05) is 12.1 Å². The Morgan fingerprint density at radius 2 is 2.08 bits per heavy atom. The van der Waals surface area contributed by atoms with E-state index in [1.165, 1.54) is 13.4 Å². The maximum absolute atomic E-state index is 12.0. The van der Waals surface area contributed by atoms with Crippen LogP contribution in [0.3, 0.4) is 0 Å². The van der Waals surface area contributed by atoms with Crippen molar-refractivity contribution >= 4 is 23.2 Å². The van der Waals surface area contributed by atoms with Gasteiger partial charge in [-0.05, 0) is 12.1 Å². The van der Waals surface area contributed by atoms with E-state index in [0.29, 0.717) is 28.6 Å². The number of nitrogens with zero attached hydrogens (tertiary/aromatic N) is 5. The quantitative estimate of drug-likeness (QED) is 0.730. The Bertz CT molecular complexity index is 863. The van der Waals surface area contributed by atoms with E-state index in [2.05, 4.69) is 15.0 Å². The van der Waals surface area contributed by atoms with Crippen LogP contribution in [0.4, 0.5) is 17.2 Å². The van der Waals surface area contributed by atoms with E-state index in [-0.39, 0.29) is 0 Å². The molecule has 0 spiro atoms. The van der Waals surface area contributed by atoms with E-state index in [0.717, 1.165) is 0 Å². The molecule has 0 saturated heterocycles. The summed E-state index contributed by atoms with van der Waals surface area (Å²) in [7, 11) is 3.12. The maximum Gasteiger partial charge on any atom is 0.339 e. The van der Waals surface area contributed by atoms with E-state index in [4.69, 9.17) is 10.5 Å². The van der Waals surface area contributed by atoms with Crippen molar-refractivity contribution in [3.63, 3.8) is 0 Å². The molecule has 2 N–H and O–H groups in total. The topological polar surface area (TPSA) is 99.2 Å². The van der Waals surface area contributed by atoms with Gasteiger partial charge in [-0.3, -0.25) is 4.57 Å². The van der Waals surface area contributed by atoms with Crippen LogP contribution >= 0.6 is 0 Å². The highest BCUT2D eigenvalue weighted by Crippen LogP contribution is 2.31. The molecule has 3 rings (SSSR count). The highest BCUT2D eigenvalue weighted by atomic mass is 16.5. The summed E-state index contributed by atoms with van der Waals surface area (Å²) in [6.07, 6.45) is 6.39. The molecule has 3 aromatic rings. The lowest BCUT2D eigenvalue weighted by Crippen LogP contribution is -2.18. The fourth-order valence-electron chi connectivity index (χ4n) is 2.40. The van der Waals surface area contributed by atoms with E-state index in [9.17, 15) is 4.79 Å². The van der Waals surface area contributed by atoms with Crippen LogP contribution < -0.4 is 10.6 Å². The fourth-order valence-corrected chi connectivity index (χ4v) is 2.40. The van der Waals surface area contributed by atoms with Crippen molar-refractivity contribution in [2.45, 2.75) is 0 Å². The Morgan fingerprint density at radius 1 is 1.29 bits per heavy atom. The number of carbonyl (C=O) groups is 1. The first kappa shape index (κ1) is 15.5. The lowest BCUT2D eigenvalue weighted by atomic mass is 10.1. The molecule has 0 aliphatic heterocycles. The summed E-state index contributed by atoms with van der Waals surface area (Å²) in [5, 5.41) is 0. The number of ether oxygens (including phenoxy) is 1. The predicted molar refractivity (Wildman–Crippen MR) is 89.4 cm³/mol. The van der Waals surface area contributed by atoms with Crippen LogP contribution in [0, 0.1) is 0 Å². The Kier molecular flexibility index (Phi) is 4.11. The van der Waals surface area contributed by atoms with Gasteiger partial charge >= 0.3 is 5.97 Å². The highest BCUT2D eigenvalue weighted by molar-refractivity contribution is 5.97. The summed E-state index contributed by atoms with van der Waals surface area (Å²) in [4.78, 5) is 26.2. The molecule has 0 aliphatic carbocycles. The van der Waals surface area contributed by atoms with Crippen molar-refractivity contribution in [1.82, 2.24) is 19.5 Å². The van der Waals surface area contributed by atoms with Crippen molar-refractivity contribution in [1.29, 1.82) is 0 Å². The van der Waals surface area contributed by atoms with E-state index >= 15 is 0 Å². The number of methoxy groups -OCH3 is 1. The molecule has 0 aliphatic rings. The average Bonchev–Trinajstić information content (AvgIpc) is 3.15. The van der Waals surface area contributed by atoms with Gasteiger partial charge in [0.05, 0.1) is 18.4 Å². The number of para-hydroxylation sites is 1. The van der Waals surface area contributed by atoms with Gasteiger partial charge < -0.3 is 15.4 Å². The summed E-state index contributed by atoms with van der Waals surface area (Å²) in [6, 6.07) is 7.08. The molecular weight excluding hydrogens is 308 g/mol. The molecule has 0 saturated carbocycles. The normalized spacial score (nSPS) is 10.4. The largest absolute Gasteiger partial charge is 0.465 e. The van der Waals surface area contributed by atoms with Gasteiger partial charge in [0.25, 0.3) is 0 Å². The van der Waals surface area contributed by atoms with Crippen LogP contribution in [-0.2, 0) is 4.74 Å². The van der Waals surface area contributed by atoms with Crippen molar-refractivity contribution < 1.29 is 9.53 Å². The number of benzene rings is 1. The minimum absolute atomic E-state index is 0.373. The second-order valence-electron chi connectivity index (χ2n) is 4.97. The molecule has 0 unspecified atom stereocenters. The predicted octanol–water partition coefficient (Wildman–Crippen LogP) is 1.80. The summed E-state index contributed by atoms with van der Waals surface area (Å²) in [6.45, 7) is 0. The second-order valence-corrected chi connectivity index (χ2v) is 4.97. The smallest absolute Gasteiger partial charge is 0.339 e. The number of nitrogen functional groups attached to an aromatic ring is 1. The van der Waals surface area contributed by atoms with E-state index < -0.39 is 5.97 Å².